The van der Waals surface area contributed by atoms with Crippen LogP contribution in [-0.2, 0) is 4.74 Å². The summed E-state index contributed by atoms with van der Waals surface area (Å²) in [6, 6.07) is 3.99. The summed E-state index contributed by atoms with van der Waals surface area (Å²) in [7, 11) is 3.57. The van der Waals surface area contributed by atoms with Crippen LogP contribution in [0.2, 0.25) is 0 Å². The summed E-state index contributed by atoms with van der Waals surface area (Å²) in [5, 5.41) is 3.53. The van der Waals surface area contributed by atoms with E-state index in [-0.39, 0.29) is 5.91 Å². The third-order valence-electron chi connectivity index (χ3n) is 5.39. The van der Waals surface area contributed by atoms with E-state index in [2.05, 4.69) is 20.1 Å². The van der Waals surface area contributed by atoms with E-state index in [9.17, 15) is 4.79 Å². The lowest BCUT2D eigenvalue weighted by molar-refractivity contribution is 0.0657. The molecule has 0 bridgehead atoms. The summed E-state index contributed by atoms with van der Waals surface area (Å²) in [6.07, 6.45) is 3.98. The number of furan rings is 1. The Hall–Kier alpha value is -2.06. The maximum absolute atomic E-state index is 12.4. The molecule has 150 valence electrons. The average molecular weight is 377 g/mol. The number of aliphatic imine (C=N–C) groups is 1. The standard InChI is InChI=1S/C19H31N5O3/c1-20-19(21-15-16-5-3-7-22(16)12-14-26-2)24-10-8-23(9-11-24)18(25)17-6-4-13-27-17/h4,6,13,16H,3,5,7-12,14-15H2,1-2H3,(H,20,21). The Morgan fingerprint density at radius 3 is 2.74 bits per heavy atom. The number of ether oxygens (including phenoxy) is 1. The Morgan fingerprint density at radius 2 is 2.07 bits per heavy atom. The molecule has 2 fully saturated rings. The van der Waals surface area contributed by atoms with E-state index in [0.29, 0.717) is 24.9 Å². The van der Waals surface area contributed by atoms with Crippen molar-refractivity contribution in [1.82, 2.24) is 20.0 Å². The van der Waals surface area contributed by atoms with E-state index >= 15 is 0 Å². The second-order valence-electron chi connectivity index (χ2n) is 7.01. The third kappa shape index (κ3) is 5.01. The number of guanidine groups is 1. The highest BCUT2D eigenvalue weighted by atomic mass is 16.5. The smallest absolute Gasteiger partial charge is 0.289 e. The number of hydrogen-bond acceptors (Lipinski definition) is 5. The number of nitrogens with one attached hydrogen (secondary N) is 1. The molecular weight excluding hydrogens is 346 g/mol. The monoisotopic (exact) mass is 377 g/mol. The lowest BCUT2D eigenvalue weighted by Crippen LogP contribution is -2.55. The Bertz CT molecular complexity index is 611. The van der Waals surface area contributed by atoms with Gasteiger partial charge in [-0.1, -0.05) is 0 Å². The molecule has 1 unspecified atom stereocenters. The van der Waals surface area contributed by atoms with E-state index in [0.717, 1.165) is 45.3 Å². The van der Waals surface area contributed by atoms with Gasteiger partial charge in [-0.3, -0.25) is 14.7 Å². The van der Waals surface area contributed by atoms with Gasteiger partial charge in [-0.2, -0.15) is 0 Å². The quantitative estimate of drug-likeness (QED) is 0.582. The predicted octanol–water partition coefficient (Wildman–Crippen LogP) is 0.724. The van der Waals surface area contributed by atoms with Crippen LogP contribution < -0.4 is 5.32 Å². The molecule has 27 heavy (non-hydrogen) atoms. The Balaban J connectivity index is 1.46. The fraction of sp³-hybridized carbons (Fsp3) is 0.684. The molecule has 1 aromatic rings. The molecule has 1 amide bonds. The van der Waals surface area contributed by atoms with Crippen LogP contribution in [0.1, 0.15) is 23.4 Å². The van der Waals surface area contributed by atoms with Gasteiger partial charge in [0.25, 0.3) is 5.91 Å². The lowest BCUT2D eigenvalue weighted by atomic mass is 10.2. The van der Waals surface area contributed by atoms with Gasteiger partial charge in [0.1, 0.15) is 0 Å². The van der Waals surface area contributed by atoms with Crippen LogP contribution >= 0.6 is 0 Å². The molecule has 8 nitrogen and oxygen atoms in total. The molecule has 8 heteroatoms. The number of hydrogen-bond donors (Lipinski definition) is 1. The van der Waals surface area contributed by atoms with Gasteiger partial charge in [-0.15, -0.1) is 0 Å². The molecule has 0 aliphatic carbocycles. The average Bonchev–Trinajstić information content (AvgIpc) is 3.39. The summed E-state index contributed by atoms with van der Waals surface area (Å²) >= 11 is 0. The summed E-state index contributed by atoms with van der Waals surface area (Å²) in [4.78, 5) is 23.4. The molecule has 0 spiro atoms. The number of nitrogens with zero attached hydrogens (tertiary/aromatic N) is 4. The number of rotatable bonds is 6. The topological polar surface area (TPSA) is 73.6 Å². The van der Waals surface area contributed by atoms with Gasteiger partial charge >= 0.3 is 0 Å². The van der Waals surface area contributed by atoms with Gasteiger partial charge in [0.05, 0.1) is 12.9 Å². The van der Waals surface area contributed by atoms with Gasteiger partial charge in [-0.05, 0) is 31.5 Å². The molecule has 3 rings (SSSR count). The van der Waals surface area contributed by atoms with Crippen molar-refractivity contribution in [3.8, 4) is 0 Å². The van der Waals surface area contributed by atoms with Crippen LogP contribution in [0, 0.1) is 0 Å². The summed E-state index contributed by atoms with van der Waals surface area (Å²) in [5.74, 6) is 1.28. The molecule has 1 aromatic heterocycles. The molecule has 2 aliphatic heterocycles. The molecule has 0 saturated carbocycles. The summed E-state index contributed by atoms with van der Waals surface area (Å²) < 4.78 is 10.4. The van der Waals surface area contributed by atoms with Crippen molar-refractivity contribution in [3.05, 3.63) is 24.2 Å². The second kappa shape index (κ2) is 9.75. The van der Waals surface area contributed by atoms with Crippen LogP contribution in [0.5, 0.6) is 0 Å². The maximum atomic E-state index is 12.4. The molecule has 0 radical (unpaired) electrons. The number of carbonyl (C=O) groups is 1. The first-order chi connectivity index (χ1) is 13.2. The Kier molecular flexibility index (Phi) is 7.11. The predicted molar refractivity (Wildman–Crippen MR) is 104 cm³/mol. The van der Waals surface area contributed by atoms with Crippen LogP contribution in [0.15, 0.2) is 27.8 Å². The normalized spacial score (nSPS) is 21.7. The van der Waals surface area contributed by atoms with E-state index in [1.807, 2.05) is 11.9 Å². The van der Waals surface area contributed by atoms with Crippen LogP contribution in [0.3, 0.4) is 0 Å². The van der Waals surface area contributed by atoms with Crippen molar-refractivity contribution < 1.29 is 13.9 Å². The highest BCUT2D eigenvalue weighted by Gasteiger charge is 2.27. The fourth-order valence-corrected chi connectivity index (χ4v) is 3.85. The SMILES string of the molecule is CN=C(NCC1CCCN1CCOC)N1CCN(C(=O)c2ccco2)CC1. The molecule has 1 atom stereocenters. The van der Waals surface area contributed by atoms with Crippen molar-refractivity contribution in [2.24, 2.45) is 4.99 Å². The molecular formula is C19H31N5O3. The molecule has 0 aromatic carbocycles. The van der Waals surface area contributed by atoms with Gasteiger partial charge in [0.2, 0.25) is 0 Å². The molecule has 3 heterocycles. The van der Waals surface area contributed by atoms with Crippen molar-refractivity contribution in [2.75, 3.05) is 66.6 Å². The number of methoxy groups -OCH3 is 1. The summed E-state index contributed by atoms with van der Waals surface area (Å²) in [6.45, 7) is 6.66. The van der Waals surface area contributed by atoms with Crippen LogP contribution in [0.4, 0.5) is 0 Å². The third-order valence-corrected chi connectivity index (χ3v) is 5.39. The highest BCUT2D eigenvalue weighted by Crippen LogP contribution is 2.16. The van der Waals surface area contributed by atoms with Crippen LogP contribution in [0.25, 0.3) is 0 Å². The van der Waals surface area contributed by atoms with E-state index < -0.39 is 0 Å². The molecule has 2 aliphatic rings. The van der Waals surface area contributed by atoms with Gasteiger partial charge in [-0.25, -0.2) is 0 Å². The maximum Gasteiger partial charge on any atom is 0.289 e. The van der Waals surface area contributed by atoms with E-state index in [4.69, 9.17) is 9.15 Å². The first kappa shape index (κ1) is 19.7. The minimum absolute atomic E-state index is 0.0395. The molecule has 2 saturated heterocycles. The van der Waals surface area contributed by atoms with Gasteiger partial charge in [0.15, 0.2) is 11.7 Å². The number of likely N-dealkylation sites (tertiary alicyclic amines) is 1. The highest BCUT2D eigenvalue weighted by molar-refractivity contribution is 5.91. The van der Waals surface area contributed by atoms with Crippen molar-refractivity contribution in [1.29, 1.82) is 0 Å². The number of amides is 1. The second-order valence-corrected chi connectivity index (χ2v) is 7.01. The zero-order chi connectivity index (χ0) is 19.1. The van der Waals surface area contributed by atoms with Crippen molar-refractivity contribution >= 4 is 11.9 Å². The zero-order valence-corrected chi connectivity index (χ0v) is 16.4. The Morgan fingerprint density at radius 1 is 1.30 bits per heavy atom. The van der Waals surface area contributed by atoms with Crippen LogP contribution in [-0.4, -0.2) is 99.2 Å². The fourth-order valence-electron chi connectivity index (χ4n) is 3.85. The Labute approximate surface area is 161 Å². The minimum Gasteiger partial charge on any atom is -0.459 e. The van der Waals surface area contributed by atoms with E-state index in [1.165, 1.54) is 19.1 Å². The zero-order valence-electron chi connectivity index (χ0n) is 16.4. The van der Waals surface area contributed by atoms with Gasteiger partial charge in [0, 0.05) is 59.5 Å². The van der Waals surface area contributed by atoms with E-state index in [1.54, 1.807) is 19.2 Å². The largest absolute Gasteiger partial charge is 0.459 e. The van der Waals surface area contributed by atoms with Crippen molar-refractivity contribution in [3.63, 3.8) is 0 Å². The van der Waals surface area contributed by atoms with Gasteiger partial charge < -0.3 is 24.3 Å². The number of piperazine rings is 1. The number of carbonyl (C=O) groups excluding carboxylic acids is 1. The van der Waals surface area contributed by atoms with Crippen molar-refractivity contribution in [2.45, 2.75) is 18.9 Å². The molecule has 1 N–H and O–H groups in total. The first-order valence-corrected chi connectivity index (χ1v) is 9.74. The minimum atomic E-state index is -0.0395. The lowest BCUT2D eigenvalue weighted by Gasteiger charge is -2.36. The first-order valence-electron chi connectivity index (χ1n) is 9.74. The summed E-state index contributed by atoms with van der Waals surface area (Å²) in [5.41, 5.74) is 0.